The number of aromatic nitrogens is 2. The zero-order valence-corrected chi connectivity index (χ0v) is 9.07. The average molecular weight is 210 g/mol. The minimum Gasteiger partial charge on any atom is -0.481 e. The predicted octanol–water partition coefficient (Wildman–Crippen LogP) is 0.867. The summed E-state index contributed by atoms with van der Waals surface area (Å²) in [5.74, 6) is -0.286. The van der Waals surface area contributed by atoms with Gasteiger partial charge in [0.15, 0.2) is 5.82 Å². The van der Waals surface area contributed by atoms with Crippen LogP contribution in [0, 0.1) is 13.8 Å². The number of carbonyl (C=O) groups is 1. The van der Waals surface area contributed by atoms with Gasteiger partial charge in [0, 0.05) is 24.1 Å². The Kier molecular flexibility index (Phi) is 3.74. The lowest BCUT2D eigenvalue weighted by Crippen LogP contribution is -2.10. The Balaban J connectivity index is 3.03. The van der Waals surface area contributed by atoms with Crippen molar-refractivity contribution in [1.82, 2.24) is 9.97 Å². The van der Waals surface area contributed by atoms with Gasteiger partial charge in [-0.05, 0) is 13.8 Å². The van der Waals surface area contributed by atoms with Crippen LogP contribution < -0.4 is 0 Å². The fourth-order valence-corrected chi connectivity index (χ4v) is 1.41. The van der Waals surface area contributed by atoms with Crippen LogP contribution in [0.3, 0.4) is 0 Å². The standard InChI is InChI=1S/C10H14N2O3/c1-6-8(4-10(13)14)7(2)12-9(11-6)5-15-3/h4-5H2,1-3H3,(H,13,14). The fraction of sp³-hybridized carbons (Fsp3) is 0.500. The van der Waals surface area contributed by atoms with Crippen LogP contribution in [0.2, 0.25) is 0 Å². The van der Waals surface area contributed by atoms with Crippen molar-refractivity contribution in [2.75, 3.05) is 7.11 Å². The van der Waals surface area contributed by atoms with Crippen molar-refractivity contribution in [3.8, 4) is 0 Å². The van der Waals surface area contributed by atoms with Crippen LogP contribution in [0.1, 0.15) is 22.8 Å². The van der Waals surface area contributed by atoms with Gasteiger partial charge in [-0.2, -0.15) is 0 Å². The summed E-state index contributed by atoms with van der Waals surface area (Å²) in [6.45, 7) is 3.91. The molecule has 15 heavy (non-hydrogen) atoms. The minimum absolute atomic E-state index is 0.0368. The molecule has 0 atom stereocenters. The SMILES string of the molecule is COCc1nc(C)c(CC(=O)O)c(C)n1. The maximum Gasteiger partial charge on any atom is 0.307 e. The van der Waals surface area contributed by atoms with Gasteiger partial charge in [0.25, 0.3) is 0 Å². The molecule has 5 heteroatoms. The summed E-state index contributed by atoms with van der Waals surface area (Å²) in [6, 6.07) is 0. The maximum atomic E-state index is 10.6. The van der Waals surface area contributed by atoms with Gasteiger partial charge in [0.1, 0.15) is 6.61 Å². The van der Waals surface area contributed by atoms with E-state index in [1.165, 1.54) is 0 Å². The van der Waals surface area contributed by atoms with Crippen molar-refractivity contribution in [1.29, 1.82) is 0 Å². The van der Waals surface area contributed by atoms with E-state index in [0.717, 1.165) is 0 Å². The van der Waals surface area contributed by atoms with Crippen LogP contribution in [-0.2, 0) is 22.6 Å². The number of methoxy groups -OCH3 is 1. The number of hydrogen-bond donors (Lipinski definition) is 1. The highest BCUT2D eigenvalue weighted by atomic mass is 16.5. The van der Waals surface area contributed by atoms with Crippen molar-refractivity contribution in [3.05, 3.63) is 22.8 Å². The predicted molar refractivity (Wildman–Crippen MR) is 53.6 cm³/mol. The van der Waals surface area contributed by atoms with Crippen molar-refractivity contribution in [3.63, 3.8) is 0 Å². The Morgan fingerprint density at radius 2 is 1.87 bits per heavy atom. The molecular formula is C10H14N2O3. The highest BCUT2D eigenvalue weighted by Gasteiger charge is 2.11. The number of aliphatic carboxylic acids is 1. The summed E-state index contributed by atoms with van der Waals surface area (Å²) in [4.78, 5) is 19.0. The second kappa shape index (κ2) is 4.84. The first-order valence-electron chi connectivity index (χ1n) is 4.58. The summed E-state index contributed by atoms with van der Waals surface area (Å²) in [7, 11) is 1.57. The third-order valence-electron chi connectivity index (χ3n) is 2.07. The number of ether oxygens (including phenoxy) is 1. The number of hydrogen-bond acceptors (Lipinski definition) is 4. The molecule has 0 unspecified atom stereocenters. The van der Waals surface area contributed by atoms with E-state index >= 15 is 0 Å². The summed E-state index contributed by atoms with van der Waals surface area (Å²) in [5.41, 5.74) is 2.09. The van der Waals surface area contributed by atoms with Crippen molar-refractivity contribution >= 4 is 5.97 Å². The number of rotatable bonds is 4. The number of nitrogens with zero attached hydrogens (tertiary/aromatic N) is 2. The molecule has 0 saturated heterocycles. The van der Waals surface area contributed by atoms with Gasteiger partial charge in [-0.3, -0.25) is 4.79 Å². The van der Waals surface area contributed by atoms with E-state index in [4.69, 9.17) is 9.84 Å². The summed E-state index contributed by atoms with van der Waals surface area (Å²) in [6.07, 6.45) is -0.0368. The normalized spacial score (nSPS) is 10.3. The lowest BCUT2D eigenvalue weighted by molar-refractivity contribution is -0.136. The topological polar surface area (TPSA) is 72.3 Å². The van der Waals surface area contributed by atoms with Crippen LogP contribution in [-0.4, -0.2) is 28.2 Å². The van der Waals surface area contributed by atoms with Gasteiger partial charge < -0.3 is 9.84 Å². The molecule has 1 rings (SSSR count). The average Bonchev–Trinajstić information content (AvgIpc) is 2.11. The lowest BCUT2D eigenvalue weighted by Gasteiger charge is -2.08. The Bertz CT molecular complexity index is 354. The molecule has 1 N–H and O–H groups in total. The first-order chi connectivity index (χ1) is 7.04. The van der Waals surface area contributed by atoms with Gasteiger partial charge in [0.2, 0.25) is 0 Å². The van der Waals surface area contributed by atoms with Gasteiger partial charge >= 0.3 is 5.97 Å². The number of carboxylic acid groups (broad SMARTS) is 1. The van der Waals surface area contributed by atoms with E-state index in [1.807, 2.05) is 0 Å². The van der Waals surface area contributed by atoms with E-state index in [9.17, 15) is 4.79 Å². The molecule has 0 aromatic carbocycles. The van der Waals surface area contributed by atoms with Crippen molar-refractivity contribution in [2.45, 2.75) is 26.9 Å². The first kappa shape index (κ1) is 11.6. The highest BCUT2D eigenvalue weighted by molar-refractivity contribution is 5.70. The Labute approximate surface area is 88.1 Å². The van der Waals surface area contributed by atoms with Gasteiger partial charge in [-0.25, -0.2) is 9.97 Å². The van der Waals surface area contributed by atoms with E-state index < -0.39 is 5.97 Å². The molecule has 0 fully saturated rings. The smallest absolute Gasteiger partial charge is 0.307 e. The van der Waals surface area contributed by atoms with E-state index in [2.05, 4.69) is 9.97 Å². The summed E-state index contributed by atoms with van der Waals surface area (Å²) >= 11 is 0. The Hall–Kier alpha value is -1.49. The van der Waals surface area contributed by atoms with Crippen LogP contribution in [0.15, 0.2) is 0 Å². The molecule has 0 amide bonds. The molecule has 0 radical (unpaired) electrons. The molecule has 0 spiro atoms. The minimum atomic E-state index is -0.871. The molecule has 0 bridgehead atoms. The van der Waals surface area contributed by atoms with Crippen LogP contribution in [0.25, 0.3) is 0 Å². The third-order valence-corrected chi connectivity index (χ3v) is 2.07. The van der Waals surface area contributed by atoms with E-state index in [-0.39, 0.29) is 6.42 Å². The third kappa shape index (κ3) is 2.99. The van der Waals surface area contributed by atoms with Crippen LogP contribution >= 0.6 is 0 Å². The number of aryl methyl sites for hydroxylation is 2. The van der Waals surface area contributed by atoms with Gasteiger partial charge in [-0.1, -0.05) is 0 Å². The van der Waals surface area contributed by atoms with Crippen molar-refractivity contribution in [2.24, 2.45) is 0 Å². The molecular weight excluding hydrogens is 196 g/mol. The van der Waals surface area contributed by atoms with Gasteiger partial charge in [0.05, 0.1) is 6.42 Å². The molecule has 0 aliphatic heterocycles. The first-order valence-corrected chi connectivity index (χ1v) is 4.58. The second-order valence-electron chi connectivity index (χ2n) is 3.29. The monoisotopic (exact) mass is 210 g/mol. The molecule has 0 aliphatic rings. The largest absolute Gasteiger partial charge is 0.481 e. The second-order valence-corrected chi connectivity index (χ2v) is 3.29. The molecule has 82 valence electrons. The molecule has 1 aromatic heterocycles. The maximum absolute atomic E-state index is 10.6. The molecule has 1 heterocycles. The lowest BCUT2D eigenvalue weighted by atomic mass is 10.1. The zero-order chi connectivity index (χ0) is 11.4. The Morgan fingerprint density at radius 1 is 1.33 bits per heavy atom. The highest BCUT2D eigenvalue weighted by Crippen LogP contribution is 2.11. The van der Waals surface area contributed by atoms with Crippen LogP contribution in [0.5, 0.6) is 0 Å². The summed E-state index contributed by atoms with van der Waals surface area (Å²) < 4.78 is 4.92. The van der Waals surface area contributed by atoms with Crippen LogP contribution in [0.4, 0.5) is 0 Å². The Morgan fingerprint density at radius 3 is 2.27 bits per heavy atom. The number of carboxylic acids is 1. The van der Waals surface area contributed by atoms with Gasteiger partial charge in [-0.15, -0.1) is 0 Å². The van der Waals surface area contributed by atoms with Crippen molar-refractivity contribution < 1.29 is 14.6 Å². The van der Waals surface area contributed by atoms with E-state index in [1.54, 1.807) is 21.0 Å². The molecule has 5 nitrogen and oxygen atoms in total. The molecule has 0 aliphatic carbocycles. The molecule has 1 aromatic rings. The fourth-order valence-electron chi connectivity index (χ4n) is 1.41. The van der Waals surface area contributed by atoms with E-state index in [0.29, 0.717) is 29.4 Å². The molecule has 0 saturated carbocycles. The zero-order valence-electron chi connectivity index (χ0n) is 9.07. The quantitative estimate of drug-likeness (QED) is 0.798. The summed E-state index contributed by atoms with van der Waals surface area (Å²) in [5, 5.41) is 8.71.